The monoisotopic (exact) mass is 857 g/mol. The summed E-state index contributed by atoms with van der Waals surface area (Å²) in [5.74, 6) is -0.599. The summed E-state index contributed by atoms with van der Waals surface area (Å²) in [5, 5.41) is 57.7. The van der Waals surface area contributed by atoms with Crippen LogP contribution in [0.3, 0.4) is 0 Å². The van der Waals surface area contributed by atoms with Gasteiger partial charge >= 0.3 is 0 Å². The average molecular weight is 858 g/mol. The number of sulfonamides is 2. The Morgan fingerprint density at radius 1 is 0.557 bits per heavy atom. The predicted molar refractivity (Wildman–Crippen MR) is 232 cm³/mol. The highest BCUT2D eigenvalue weighted by molar-refractivity contribution is 7.89. The van der Waals surface area contributed by atoms with Crippen molar-refractivity contribution in [3.05, 3.63) is 142 Å². The van der Waals surface area contributed by atoms with Crippen molar-refractivity contribution < 1.29 is 27.0 Å². The van der Waals surface area contributed by atoms with Gasteiger partial charge in [0.05, 0.1) is 43.9 Å². The molecule has 61 heavy (non-hydrogen) atoms. The Morgan fingerprint density at radius 3 is 1.30 bits per heavy atom. The molecule has 0 radical (unpaired) electrons. The summed E-state index contributed by atoms with van der Waals surface area (Å²) < 4.78 is 49.5. The summed E-state index contributed by atoms with van der Waals surface area (Å²) >= 11 is 0. The Kier molecular flexibility index (Phi) is 11.5. The van der Waals surface area contributed by atoms with Gasteiger partial charge in [-0.05, 0) is 123 Å². The van der Waals surface area contributed by atoms with Crippen LogP contribution < -0.4 is 10.3 Å². The minimum atomic E-state index is -3.95. The zero-order chi connectivity index (χ0) is 43.6. The second-order valence-electron chi connectivity index (χ2n) is 13.9. The number of nitrogens with zero attached hydrogens (tertiary/aromatic N) is 8. The van der Waals surface area contributed by atoms with Gasteiger partial charge in [0.25, 0.3) is 0 Å². The van der Waals surface area contributed by atoms with Crippen molar-refractivity contribution in [2.24, 2.45) is 30.7 Å². The molecule has 0 fully saturated rings. The molecule has 4 aromatic carbocycles. The van der Waals surface area contributed by atoms with Crippen molar-refractivity contribution >= 4 is 67.1 Å². The number of hydrogen-bond acceptors (Lipinski definition) is 12. The number of rotatable bonds is 12. The van der Waals surface area contributed by atoms with Gasteiger partial charge in [0, 0.05) is 11.4 Å². The second-order valence-corrected chi connectivity index (χ2v) is 17.0. The van der Waals surface area contributed by atoms with E-state index in [-0.39, 0.29) is 32.9 Å². The van der Waals surface area contributed by atoms with Crippen molar-refractivity contribution in [1.82, 2.24) is 24.5 Å². The maximum atomic E-state index is 11.8. The van der Waals surface area contributed by atoms with E-state index in [4.69, 9.17) is 10.3 Å². The first kappa shape index (κ1) is 41.8. The normalized spacial score (nSPS) is 12.6. The van der Waals surface area contributed by atoms with E-state index in [1.165, 1.54) is 45.8 Å². The van der Waals surface area contributed by atoms with Gasteiger partial charge in [-0.2, -0.15) is 29.8 Å². The average Bonchev–Trinajstić information content (AvgIpc) is 3.80. The van der Waals surface area contributed by atoms with E-state index in [2.05, 4.69) is 35.6 Å². The Hall–Kier alpha value is -7.32. The zero-order valence-electron chi connectivity index (χ0n) is 33.1. The smallest absolute Gasteiger partial charge is 0.243 e. The molecule has 0 aliphatic heterocycles. The van der Waals surface area contributed by atoms with Crippen molar-refractivity contribution in [3.8, 4) is 23.1 Å². The summed E-state index contributed by atoms with van der Waals surface area (Å²) in [6, 6.07) is 26.2. The number of aromatic hydroxyl groups is 2. The van der Waals surface area contributed by atoms with E-state index in [9.17, 15) is 27.0 Å². The van der Waals surface area contributed by atoms with Crippen molar-refractivity contribution in [3.63, 3.8) is 0 Å². The lowest BCUT2D eigenvalue weighted by Gasteiger charge is -2.05. The van der Waals surface area contributed by atoms with Gasteiger partial charge in [-0.3, -0.25) is 0 Å². The number of H-pyrrole nitrogens is 1. The van der Waals surface area contributed by atoms with Crippen molar-refractivity contribution in [2.75, 3.05) is 0 Å². The molecule has 17 nitrogen and oxygen atoms in total. The highest BCUT2D eigenvalue weighted by atomic mass is 32.2. The third-order valence-electron chi connectivity index (χ3n) is 9.63. The molecule has 0 atom stereocenters. The van der Waals surface area contributed by atoms with E-state index in [1.54, 1.807) is 50.2 Å². The molecule has 19 heteroatoms. The van der Waals surface area contributed by atoms with Gasteiger partial charge < -0.3 is 15.2 Å². The van der Waals surface area contributed by atoms with E-state index < -0.39 is 20.0 Å². The van der Waals surface area contributed by atoms with Crippen LogP contribution in [0.15, 0.2) is 127 Å². The molecule has 0 saturated carbocycles. The van der Waals surface area contributed by atoms with Gasteiger partial charge in [0.1, 0.15) is 0 Å². The number of aromatic amines is 1. The highest BCUT2D eigenvalue weighted by Gasteiger charge is 2.19. The summed E-state index contributed by atoms with van der Waals surface area (Å²) in [6.45, 7) is 7.41. The van der Waals surface area contributed by atoms with Crippen molar-refractivity contribution in [2.45, 2.75) is 37.5 Å². The molecule has 0 spiro atoms. The zero-order valence-corrected chi connectivity index (χ0v) is 34.8. The third-order valence-corrected chi connectivity index (χ3v) is 11.5. The van der Waals surface area contributed by atoms with Gasteiger partial charge in [-0.25, -0.2) is 27.1 Å². The van der Waals surface area contributed by atoms with Crippen LogP contribution in [0, 0.1) is 27.7 Å². The Balaban J connectivity index is 0.986. The van der Waals surface area contributed by atoms with Gasteiger partial charge in [-0.1, -0.05) is 48.6 Å². The van der Waals surface area contributed by atoms with Gasteiger partial charge in [0.15, 0.2) is 11.4 Å². The van der Waals surface area contributed by atoms with Gasteiger partial charge in [0.2, 0.25) is 31.8 Å². The van der Waals surface area contributed by atoms with E-state index in [1.807, 2.05) is 62.4 Å². The molecule has 7 rings (SSSR count). The standard InChI is InChI=1S/C42H39N11O6S2/c1-25-26(2)38(22-16-30-13-19-32(20-14-30)47-49-40-28(4)51-53(42(40)55)34-8-6-10-36(24-34)61(44,58)59)45-37(25)21-15-29-11-17-31(18-12-29)46-48-39-27(3)50-52(41(39)54)33-7-5-9-35(23-33)60(43,56)57/h5-24,45,54-55H,1-4H3,(H2,43,56,57)(H2,44,58,59)/b21-15+,22-16+,48-46?,49-47?. The first-order valence-corrected chi connectivity index (χ1v) is 21.5. The van der Waals surface area contributed by atoms with Crippen LogP contribution in [0.25, 0.3) is 35.7 Å². The fourth-order valence-corrected chi connectivity index (χ4v) is 7.25. The fraction of sp³-hybridized carbons (Fsp3) is 0.0952. The topological polar surface area (TPSA) is 262 Å². The first-order chi connectivity index (χ1) is 29.0. The Bertz CT molecular complexity index is 2930. The third kappa shape index (κ3) is 9.29. The second kappa shape index (κ2) is 16.7. The lowest BCUT2D eigenvalue weighted by molar-refractivity contribution is 0.434. The number of nitrogens with one attached hydrogen (secondary N) is 1. The largest absolute Gasteiger partial charge is 0.492 e. The summed E-state index contributed by atoms with van der Waals surface area (Å²) in [5.41, 5.74) is 8.70. The van der Waals surface area contributed by atoms with Crippen LogP contribution in [-0.4, -0.2) is 51.6 Å². The summed E-state index contributed by atoms with van der Waals surface area (Å²) in [6.07, 6.45) is 7.96. The van der Waals surface area contributed by atoms with Gasteiger partial charge in [-0.15, -0.1) is 10.2 Å². The first-order valence-electron chi connectivity index (χ1n) is 18.4. The molecule has 0 aliphatic carbocycles. The maximum absolute atomic E-state index is 11.8. The molecule has 7 N–H and O–H groups in total. The Morgan fingerprint density at radius 2 is 0.934 bits per heavy atom. The van der Waals surface area contributed by atoms with E-state index in [0.29, 0.717) is 34.1 Å². The van der Waals surface area contributed by atoms with Crippen LogP contribution in [-0.2, 0) is 20.0 Å². The predicted octanol–water partition coefficient (Wildman–Crippen LogP) is 8.50. The molecule has 0 aliphatic rings. The van der Waals surface area contributed by atoms with Crippen LogP contribution in [0.2, 0.25) is 0 Å². The summed E-state index contributed by atoms with van der Waals surface area (Å²) in [4.78, 5) is 3.25. The number of aryl methyl sites for hydroxylation is 2. The van der Waals surface area contributed by atoms with Crippen LogP contribution in [0.1, 0.15) is 45.0 Å². The number of benzene rings is 4. The Labute approximate surface area is 350 Å². The molecule has 0 amide bonds. The van der Waals surface area contributed by atoms with Crippen LogP contribution in [0.4, 0.5) is 22.7 Å². The molecular formula is C42H39N11O6S2. The minimum Gasteiger partial charge on any atom is -0.492 e. The number of aromatic nitrogens is 5. The molecule has 7 aromatic rings. The molecule has 3 heterocycles. The molecule has 0 saturated heterocycles. The fourth-order valence-electron chi connectivity index (χ4n) is 6.14. The number of primary sulfonamides is 2. The lowest BCUT2D eigenvalue weighted by atomic mass is 10.1. The maximum Gasteiger partial charge on any atom is 0.243 e. The van der Waals surface area contributed by atoms with E-state index in [0.717, 1.165) is 33.6 Å². The number of hydrogen-bond donors (Lipinski definition) is 5. The molecule has 3 aromatic heterocycles. The molecular weight excluding hydrogens is 819 g/mol. The van der Waals surface area contributed by atoms with E-state index >= 15 is 0 Å². The highest BCUT2D eigenvalue weighted by Crippen LogP contribution is 2.36. The lowest BCUT2D eigenvalue weighted by Crippen LogP contribution is -2.12. The quantitative estimate of drug-likeness (QED) is 0.0742. The number of azo groups is 2. The SMILES string of the molecule is Cc1nn(-c2cccc(S(N)(=O)=O)c2)c(O)c1N=Nc1ccc(/C=C/c2[nH]c(/C=C/c3ccc(N=Nc4c(C)nn(-c5cccc(S(N)(=O)=O)c5)c4O)cc3)c(C)c2C)cc1. The molecule has 0 bridgehead atoms. The van der Waals surface area contributed by atoms with Crippen LogP contribution >= 0.6 is 0 Å². The number of nitrogens with two attached hydrogens (primary N) is 2. The summed E-state index contributed by atoms with van der Waals surface area (Å²) in [7, 11) is -7.90. The van der Waals surface area contributed by atoms with Crippen LogP contribution in [0.5, 0.6) is 11.8 Å². The van der Waals surface area contributed by atoms with Crippen molar-refractivity contribution in [1.29, 1.82) is 0 Å². The minimum absolute atomic E-state index is 0.115. The molecule has 310 valence electrons. The molecule has 0 unspecified atom stereocenters.